The van der Waals surface area contributed by atoms with Crippen molar-refractivity contribution in [3.8, 4) is 0 Å². The Morgan fingerprint density at radius 3 is 2.06 bits per heavy atom. The normalized spacial score (nSPS) is 41.5. The summed E-state index contributed by atoms with van der Waals surface area (Å²) in [5, 5.41) is 10.2. The predicted octanol–water partition coefficient (Wildman–Crippen LogP) is 4.49. The highest BCUT2D eigenvalue weighted by Crippen LogP contribution is 2.35. The minimum Gasteiger partial charge on any atom is -0.393 e. The summed E-state index contributed by atoms with van der Waals surface area (Å²) in [5.41, 5.74) is 0. The summed E-state index contributed by atoms with van der Waals surface area (Å²) in [5.74, 6) is 3.62. The molecule has 1 heteroatoms. The summed E-state index contributed by atoms with van der Waals surface area (Å²) in [6.07, 6.45) is 6.03. The lowest BCUT2D eigenvalue weighted by Gasteiger charge is -2.33. The topological polar surface area (TPSA) is 20.2 Å². The van der Waals surface area contributed by atoms with Crippen LogP contribution in [0.15, 0.2) is 0 Å². The Morgan fingerprint density at radius 2 is 1.47 bits per heavy atom. The van der Waals surface area contributed by atoms with Crippen molar-refractivity contribution in [1.82, 2.24) is 0 Å². The van der Waals surface area contributed by atoms with E-state index in [-0.39, 0.29) is 6.10 Å². The number of hydrogen-bond donors (Lipinski definition) is 1. The molecule has 1 fully saturated rings. The van der Waals surface area contributed by atoms with Crippen LogP contribution in [-0.2, 0) is 0 Å². The highest BCUT2D eigenvalue weighted by molar-refractivity contribution is 4.77. The van der Waals surface area contributed by atoms with Gasteiger partial charge in [-0.1, -0.05) is 41.0 Å². The molecule has 5 atom stereocenters. The van der Waals surface area contributed by atoms with Gasteiger partial charge in [0.05, 0.1) is 6.10 Å². The molecule has 1 nitrogen and oxygen atoms in total. The highest BCUT2D eigenvalue weighted by atomic mass is 16.3. The first-order valence-electron chi connectivity index (χ1n) is 7.59. The van der Waals surface area contributed by atoms with Crippen LogP contribution in [0.3, 0.4) is 0 Å². The van der Waals surface area contributed by atoms with Crippen LogP contribution in [0.4, 0.5) is 0 Å². The SMILES string of the molecule is CC1CCC(O)C(C)CC(C)[C@@H](C(C)C)CC1. The smallest absolute Gasteiger partial charge is 0.0566 e. The van der Waals surface area contributed by atoms with Gasteiger partial charge in [0, 0.05) is 0 Å². The summed E-state index contributed by atoms with van der Waals surface area (Å²) < 4.78 is 0. The van der Waals surface area contributed by atoms with Gasteiger partial charge in [0.2, 0.25) is 0 Å². The van der Waals surface area contributed by atoms with E-state index in [4.69, 9.17) is 0 Å². The van der Waals surface area contributed by atoms with Gasteiger partial charge < -0.3 is 5.11 Å². The summed E-state index contributed by atoms with van der Waals surface area (Å²) in [7, 11) is 0. The number of rotatable bonds is 1. The minimum atomic E-state index is -0.0780. The quantitative estimate of drug-likeness (QED) is 0.716. The maximum atomic E-state index is 10.2. The van der Waals surface area contributed by atoms with Gasteiger partial charge in [-0.05, 0) is 55.3 Å². The lowest BCUT2D eigenvalue weighted by Crippen LogP contribution is -2.27. The van der Waals surface area contributed by atoms with Crippen molar-refractivity contribution in [3.05, 3.63) is 0 Å². The van der Waals surface area contributed by atoms with Gasteiger partial charge in [0.25, 0.3) is 0 Å². The summed E-state index contributed by atoms with van der Waals surface area (Å²) >= 11 is 0. The van der Waals surface area contributed by atoms with Crippen LogP contribution in [0.25, 0.3) is 0 Å². The van der Waals surface area contributed by atoms with E-state index in [0.29, 0.717) is 5.92 Å². The van der Waals surface area contributed by atoms with E-state index < -0.39 is 0 Å². The second-order valence-electron chi connectivity index (χ2n) is 6.93. The van der Waals surface area contributed by atoms with Crippen molar-refractivity contribution in [2.45, 2.75) is 72.8 Å². The first-order chi connectivity index (χ1) is 7.91. The average molecular weight is 240 g/mol. The zero-order valence-corrected chi connectivity index (χ0v) is 12.4. The summed E-state index contributed by atoms with van der Waals surface area (Å²) in [6.45, 7) is 11.7. The van der Waals surface area contributed by atoms with Crippen molar-refractivity contribution in [1.29, 1.82) is 0 Å². The lowest BCUT2D eigenvalue weighted by molar-refractivity contribution is 0.0687. The molecular weight excluding hydrogens is 208 g/mol. The van der Waals surface area contributed by atoms with E-state index in [0.717, 1.165) is 30.1 Å². The van der Waals surface area contributed by atoms with E-state index in [2.05, 4.69) is 34.6 Å². The molecule has 0 aromatic heterocycles. The van der Waals surface area contributed by atoms with Gasteiger partial charge in [-0.15, -0.1) is 0 Å². The van der Waals surface area contributed by atoms with Crippen LogP contribution in [-0.4, -0.2) is 11.2 Å². The molecule has 0 amide bonds. The molecule has 17 heavy (non-hydrogen) atoms. The molecule has 102 valence electrons. The molecule has 1 rings (SSSR count). The lowest BCUT2D eigenvalue weighted by atomic mass is 9.74. The van der Waals surface area contributed by atoms with E-state index in [9.17, 15) is 5.11 Å². The van der Waals surface area contributed by atoms with E-state index in [1.807, 2.05) is 0 Å². The van der Waals surface area contributed by atoms with Crippen LogP contribution < -0.4 is 0 Å². The fraction of sp³-hybridized carbons (Fsp3) is 1.00. The molecular formula is C16H32O. The molecule has 0 aliphatic heterocycles. The van der Waals surface area contributed by atoms with Crippen molar-refractivity contribution in [2.75, 3.05) is 0 Å². The van der Waals surface area contributed by atoms with E-state index in [1.165, 1.54) is 25.7 Å². The molecule has 1 aliphatic rings. The molecule has 0 heterocycles. The van der Waals surface area contributed by atoms with Crippen molar-refractivity contribution in [2.24, 2.45) is 29.6 Å². The Balaban J connectivity index is 2.69. The van der Waals surface area contributed by atoms with Gasteiger partial charge in [-0.25, -0.2) is 0 Å². The monoisotopic (exact) mass is 240 g/mol. The summed E-state index contributed by atoms with van der Waals surface area (Å²) in [4.78, 5) is 0. The first-order valence-corrected chi connectivity index (χ1v) is 7.59. The van der Waals surface area contributed by atoms with E-state index in [1.54, 1.807) is 0 Å². The van der Waals surface area contributed by atoms with Crippen molar-refractivity contribution < 1.29 is 5.11 Å². The Morgan fingerprint density at radius 1 is 0.882 bits per heavy atom. The molecule has 0 saturated heterocycles. The molecule has 1 aliphatic carbocycles. The number of hydrogen-bond acceptors (Lipinski definition) is 1. The third-order valence-corrected chi connectivity index (χ3v) is 4.94. The van der Waals surface area contributed by atoms with Gasteiger partial charge in [-0.3, -0.25) is 0 Å². The van der Waals surface area contributed by atoms with E-state index >= 15 is 0 Å². The molecule has 1 N–H and O–H groups in total. The molecule has 0 spiro atoms. The third kappa shape index (κ3) is 4.62. The minimum absolute atomic E-state index is 0.0780. The number of aliphatic hydroxyl groups excluding tert-OH is 1. The predicted molar refractivity (Wildman–Crippen MR) is 74.9 cm³/mol. The molecule has 1 saturated carbocycles. The van der Waals surface area contributed by atoms with Crippen LogP contribution in [0.5, 0.6) is 0 Å². The largest absolute Gasteiger partial charge is 0.393 e. The standard InChI is InChI=1S/C16H32O/c1-11(2)15-8-6-12(3)7-9-16(17)14(5)10-13(15)4/h11-17H,6-10H2,1-5H3/t12?,13?,14?,15-,16?/m1/s1. The zero-order chi connectivity index (χ0) is 13.0. The summed E-state index contributed by atoms with van der Waals surface area (Å²) in [6, 6.07) is 0. The average Bonchev–Trinajstić information content (AvgIpc) is 2.24. The molecule has 0 aromatic carbocycles. The van der Waals surface area contributed by atoms with Gasteiger partial charge in [0.15, 0.2) is 0 Å². The molecule has 4 unspecified atom stereocenters. The zero-order valence-electron chi connectivity index (χ0n) is 12.4. The van der Waals surface area contributed by atoms with Crippen LogP contribution in [0.2, 0.25) is 0 Å². The molecule has 0 aromatic rings. The van der Waals surface area contributed by atoms with Crippen molar-refractivity contribution in [3.63, 3.8) is 0 Å². The molecule has 0 bridgehead atoms. The molecule has 0 radical (unpaired) electrons. The van der Waals surface area contributed by atoms with Crippen LogP contribution in [0, 0.1) is 29.6 Å². The second-order valence-corrected chi connectivity index (χ2v) is 6.93. The Labute approximate surface area is 108 Å². The Bertz CT molecular complexity index is 212. The van der Waals surface area contributed by atoms with Gasteiger partial charge in [-0.2, -0.15) is 0 Å². The maximum Gasteiger partial charge on any atom is 0.0566 e. The first kappa shape index (κ1) is 15.0. The van der Waals surface area contributed by atoms with Crippen molar-refractivity contribution >= 4 is 0 Å². The number of aliphatic hydroxyl groups is 1. The third-order valence-electron chi connectivity index (χ3n) is 4.94. The highest BCUT2D eigenvalue weighted by Gasteiger charge is 2.27. The Kier molecular flexibility index (Phi) is 5.99. The van der Waals surface area contributed by atoms with Crippen LogP contribution in [0.1, 0.15) is 66.7 Å². The fourth-order valence-corrected chi connectivity index (χ4v) is 3.55. The van der Waals surface area contributed by atoms with Gasteiger partial charge in [0.1, 0.15) is 0 Å². The Hall–Kier alpha value is -0.0400. The fourth-order valence-electron chi connectivity index (χ4n) is 3.55. The second kappa shape index (κ2) is 6.78. The van der Waals surface area contributed by atoms with Crippen LogP contribution >= 0.6 is 0 Å². The maximum absolute atomic E-state index is 10.2. The van der Waals surface area contributed by atoms with Gasteiger partial charge >= 0.3 is 0 Å².